The molecule has 0 bridgehead atoms. The number of sulfonamides is 1. The van der Waals surface area contributed by atoms with E-state index in [9.17, 15) is 18.0 Å². The molecule has 1 rings (SSSR count). The van der Waals surface area contributed by atoms with Gasteiger partial charge in [-0.3, -0.25) is 4.79 Å². The molecular weight excluding hydrogens is 274 g/mol. The van der Waals surface area contributed by atoms with Gasteiger partial charge in [-0.2, -0.15) is 0 Å². The summed E-state index contributed by atoms with van der Waals surface area (Å²) in [6, 6.07) is 4.91. The lowest BCUT2D eigenvalue weighted by Gasteiger charge is -2.08. The van der Waals surface area contributed by atoms with Crippen molar-refractivity contribution in [1.29, 1.82) is 0 Å². The van der Waals surface area contributed by atoms with E-state index in [0.29, 0.717) is 0 Å². The zero-order chi connectivity index (χ0) is 14.5. The molecule has 0 radical (unpaired) electrons. The van der Waals surface area contributed by atoms with E-state index in [-0.39, 0.29) is 17.1 Å². The van der Waals surface area contributed by atoms with Crippen molar-refractivity contribution in [3.05, 3.63) is 29.8 Å². The van der Waals surface area contributed by atoms with Gasteiger partial charge in [-0.25, -0.2) is 18.6 Å². The van der Waals surface area contributed by atoms with Crippen molar-refractivity contribution in [3.8, 4) is 0 Å². The number of hydrazine groups is 1. The summed E-state index contributed by atoms with van der Waals surface area (Å²) in [6.07, 6.45) is -0.917. The molecule has 0 aliphatic rings. The van der Waals surface area contributed by atoms with Gasteiger partial charge in [0.1, 0.15) is 0 Å². The molecule has 8 nitrogen and oxygen atoms in total. The molecule has 4 N–H and O–H groups in total. The first-order valence-electron chi connectivity index (χ1n) is 5.21. The molecule has 9 heteroatoms. The highest BCUT2D eigenvalue weighted by molar-refractivity contribution is 7.89. The van der Waals surface area contributed by atoms with Crippen LogP contribution >= 0.6 is 0 Å². The fraction of sp³-hybridized carbons (Fsp3) is 0.200. The Bertz CT molecular complexity index is 567. The number of hydrogen-bond acceptors (Lipinski definition) is 5. The summed E-state index contributed by atoms with van der Waals surface area (Å²) in [6.45, 7) is 1.69. The first kappa shape index (κ1) is 14.9. The third-order valence-corrected chi connectivity index (χ3v) is 3.28. The maximum absolute atomic E-state index is 11.7. The van der Waals surface area contributed by atoms with Crippen molar-refractivity contribution >= 4 is 22.0 Å². The summed E-state index contributed by atoms with van der Waals surface area (Å²) < 4.78 is 27.9. The Balaban J connectivity index is 2.77. The van der Waals surface area contributed by atoms with E-state index in [1.54, 1.807) is 6.92 Å². The molecule has 0 spiro atoms. The molecule has 0 aliphatic carbocycles. The molecule has 0 saturated heterocycles. The van der Waals surface area contributed by atoms with Gasteiger partial charge in [-0.05, 0) is 31.2 Å². The van der Waals surface area contributed by atoms with Crippen LogP contribution in [0.3, 0.4) is 0 Å². The molecule has 1 aromatic rings. The van der Waals surface area contributed by atoms with Crippen molar-refractivity contribution < 1.29 is 22.7 Å². The Morgan fingerprint density at radius 2 is 1.84 bits per heavy atom. The van der Waals surface area contributed by atoms with E-state index in [4.69, 9.17) is 5.73 Å². The number of nitrogens with one attached hydrogen (secondary N) is 2. The smallest absolute Gasteiger partial charge is 0.422 e. The number of carbonyl (C=O) groups is 2. The van der Waals surface area contributed by atoms with Crippen molar-refractivity contribution in [3.63, 3.8) is 0 Å². The third-order valence-electron chi connectivity index (χ3n) is 2.01. The number of carbonyl (C=O) groups excluding carboxylic acids is 2. The van der Waals surface area contributed by atoms with E-state index in [2.05, 4.69) is 4.74 Å². The van der Waals surface area contributed by atoms with Gasteiger partial charge in [0.2, 0.25) is 5.91 Å². The molecule has 0 fully saturated rings. The zero-order valence-corrected chi connectivity index (χ0v) is 10.9. The molecule has 0 unspecified atom stereocenters. The van der Waals surface area contributed by atoms with Crippen LogP contribution in [0, 0.1) is 0 Å². The minimum Gasteiger partial charge on any atom is -0.449 e. The highest BCUT2D eigenvalue weighted by atomic mass is 32.2. The standard InChI is InChI=1S/C10H13N3O5S/c1-2-18-10(15)12-13-19(16,17)8-5-3-7(4-6-8)9(11)14/h3-6,13H,2H2,1H3,(H2,11,14)(H,12,15). The summed E-state index contributed by atoms with van der Waals surface area (Å²) in [5, 5.41) is 0. The van der Waals surface area contributed by atoms with Gasteiger partial charge < -0.3 is 10.5 Å². The maximum Gasteiger partial charge on any atom is 0.422 e. The number of amides is 2. The number of rotatable bonds is 5. The highest BCUT2D eigenvalue weighted by Gasteiger charge is 2.15. The van der Waals surface area contributed by atoms with Crippen LogP contribution in [0.4, 0.5) is 4.79 Å². The first-order chi connectivity index (χ1) is 8.86. The SMILES string of the molecule is CCOC(=O)NNS(=O)(=O)c1ccc(C(N)=O)cc1. The van der Waals surface area contributed by atoms with Gasteiger partial charge in [-0.1, -0.05) is 0 Å². The van der Waals surface area contributed by atoms with Gasteiger partial charge in [0.25, 0.3) is 10.0 Å². The minimum absolute atomic E-state index is 0.112. The molecule has 1 aromatic carbocycles. The quantitative estimate of drug-likeness (QED) is 0.642. The van der Waals surface area contributed by atoms with Crippen LogP contribution in [0.2, 0.25) is 0 Å². The lowest BCUT2D eigenvalue weighted by molar-refractivity contribution is 0.1000. The second-order valence-electron chi connectivity index (χ2n) is 3.34. The Morgan fingerprint density at radius 1 is 1.26 bits per heavy atom. The van der Waals surface area contributed by atoms with Crippen molar-refractivity contribution in [2.24, 2.45) is 5.73 Å². The summed E-state index contributed by atoms with van der Waals surface area (Å²) in [5.41, 5.74) is 7.07. The van der Waals surface area contributed by atoms with Crippen LogP contribution in [-0.2, 0) is 14.8 Å². The zero-order valence-electron chi connectivity index (χ0n) is 10.0. The number of benzene rings is 1. The summed E-state index contributed by atoms with van der Waals surface area (Å²) in [7, 11) is -3.93. The average molecular weight is 287 g/mol. The van der Waals surface area contributed by atoms with Crippen LogP contribution in [0.5, 0.6) is 0 Å². The van der Waals surface area contributed by atoms with Crippen LogP contribution in [-0.4, -0.2) is 27.0 Å². The molecular formula is C10H13N3O5S. The summed E-state index contributed by atoms with van der Waals surface area (Å²) in [4.78, 5) is 23.5. The molecule has 0 atom stereocenters. The van der Waals surface area contributed by atoms with Gasteiger partial charge in [0, 0.05) is 5.56 Å². The normalized spacial score (nSPS) is 10.8. The van der Waals surface area contributed by atoms with E-state index in [1.807, 2.05) is 10.3 Å². The van der Waals surface area contributed by atoms with Crippen molar-refractivity contribution in [2.45, 2.75) is 11.8 Å². The van der Waals surface area contributed by atoms with E-state index in [0.717, 1.165) is 0 Å². The average Bonchev–Trinajstić information content (AvgIpc) is 2.37. The Morgan fingerprint density at radius 3 is 2.32 bits per heavy atom. The van der Waals surface area contributed by atoms with Gasteiger partial charge in [-0.15, -0.1) is 4.83 Å². The second-order valence-corrected chi connectivity index (χ2v) is 5.02. The second kappa shape index (κ2) is 6.16. The van der Waals surface area contributed by atoms with Gasteiger partial charge in [0.15, 0.2) is 0 Å². The molecule has 0 heterocycles. The van der Waals surface area contributed by atoms with Gasteiger partial charge in [0.05, 0.1) is 11.5 Å². The lowest BCUT2D eigenvalue weighted by Crippen LogP contribution is -2.41. The highest BCUT2D eigenvalue weighted by Crippen LogP contribution is 2.09. The summed E-state index contributed by atoms with van der Waals surface area (Å²) >= 11 is 0. The van der Waals surface area contributed by atoms with E-state index in [1.165, 1.54) is 24.3 Å². The lowest BCUT2D eigenvalue weighted by atomic mass is 10.2. The predicted octanol–water partition coefficient (Wildman–Crippen LogP) is -0.275. The molecule has 19 heavy (non-hydrogen) atoms. The fourth-order valence-corrected chi connectivity index (χ4v) is 1.96. The Labute approximate surface area is 109 Å². The van der Waals surface area contributed by atoms with Crippen LogP contribution < -0.4 is 16.0 Å². The van der Waals surface area contributed by atoms with E-state index < -0.39 is 22.0 Å². The monoisotopic (exact) mass is 287 g/mol. The maximum atomic E-state index is 11.7. The minimum atomic E-state index is -3.93. The van der Waals surface area contributed by atoms with Crippen molar-refractivity contribution in [2.75, 3.05) is 6.61 Å². The molecule has 0 aliphatic heterocycles. The van der Waals surface area contributed by atoms with Crippen molar-refractivity contribution in [1.82, 2.24) is 10.3 Å². The number of primary amides is 1. The first-order valence-corrected chi connectivity index (χ1v) is 6.69. The molecule has 2 amide bonds. The van der Waals surface area contributed by atoms with E-state index >= 15 is 0 Å². The Hall–Kier alpha value is -2.13. The largest absolute Gasteiger partial charge is 0.449 e. The third kappa shape index (κ3) is 4.23. The van der Waals surface area contributed by atoms with Crippen LogP contribution in [0.1, 0.15) is 17.3 Å². The molecule has 0 saturated carbocycles. The molecule has 104 valence electrons. The summed E-state index contributed by atoms with van der Waals surface area (Å²) in [5.74, 6) is -0.665. The number of ether oxygens (including phenoxy) is 1. The number of nitrogens with two attached hydrogens (primary N) is 1. The fourth-order valence-electron chi connectivity index (χ4n) is 1.13. The molecule has 0 aromatic heterocycles. The van der Waals surface area contributed by atoms with Crippen LogP contribution in [0.15, 0.2) is 29.2 Å². The number of hydrogen-bond donors (Lipinski definition) is 3. The predicted molar refractivity (Wildman–Crippen MR) is 65.4 cm³/mol. The Kier molecular flexibility index (Phi) is 4.84. The van der Waals surface area contributed by atoms with Crippen LogP contribution in [0.25, 0.3) is 0 Å². The topological polar surface area (TPSA) is 128 Å². The van der Waals surface area contributed by atoms with Gasteiger partial charge >= 0.3 is 6.09 Å².